The third-order valence-corrected chi connectivity index (χ3v) is 5.23. The zero-order valence-corrected chi connectivity index (χ0v) is 17.0. The minimum atomic E-state index is -0.565. The van der Waals surface area contributed by atoms with Gasteiger partial charge in [-0.15, -0.1) is 0 Å². The maximum absolute atomic E-state index is 13.0. The highest BCUT2D eigenvalue weighted by Crippen LogP contribution is 2.38. The number of carbonyl (C=O) groups is 2. The number of aryl methyl sites for hydroxylation is 2. The van der Waals surface area contributed by atoms with Gasteiger partial charge in [0.05, 0.1) is 17.3 Å². The molecule has 3 heterocycles. The molecule has 30 heavy (non-hydrogen) atoms. The van der Waals surface area contributed by atoms with E-state index in [1.165, 1.54) is 0 Å². The number of hydrogen-bond donors (Lipinski definition) is 3. The molecule has 0 saturated heterocycles. The molecular weight excluding hydrogens is 386 g/mol. The predicted octanol–water partition coefficient (Wildman–Crippen LogP) is 1.58. The average molecular weight is 411 g/mol. The summed E-state index contributed by atoms with van der Waals surface area (Å²) in [5.41, 5.74) is 13.9. The topological polar surface area (TPSA) is 143 Å². The number of aromatic nitrogens is 4. The number of ether oxygens (including phenoxy) is 1. The van der Waals surface area contributed by atoms with Crippen molar-refractivity contribution in [2.24, 2.45) is 11.5 Å². The minimum Gasteiger partial charge on any atom is -0.489 e. The Morgan fingerprint density at radius 2 is 2.13 bits per heavy atom. The van der Waals surface area contributed by atoms with Crippen LogP contribution in [0.1, 0.15) is 52.3 Å². The van der Waals surface area contributed by atoms with E-state index < -0.39 is 5.91 Å². The van der Waals surface area contributed by atoms with E-state index in [2.05, 4.69) is 15.4 Å². The number of benzene rings is 1. The van der Waals surface area contributed by atoms with Gasteiger partial charge in [0.2, 0.25) is 11.9 Å². The molecule has 3 aromatic rings. The van der Waals surface area contributed by atoms with Gasteiger partial charge in [-0.25, -0.2) is 4.98 Å². The molecule has 2 amide bonds. The fourth-order valence-electron chi connectivity index (χ4n) is 3.85. The number of anilines is 1. The molecule has 1 aliphatic rings. The summed E-state index contributed by atoms with van der Waals surface area (Å²) >= 11 is 0. The van der Waals surface area contributed by atoms with E-state index in [0.29, 0.717) is 48.2 Å². The summed E-state index contributed by atoms with van der Waals surface area (Å²) in [5.74, 6) is 0.0478. The average Bonchev–Trinajstić information content (AvgIpc) is 3.28. The van der Waals surface area contributed by atoms with Crippen LogP contribution in [-0.4, -0.2) is 44.3 Å². The third-order valence-electron chi connectivity index (χ3n) is 5.23. The first-order valence-corrected chi connectivity index (χ1v) is 9.97. The first-order valence-electron chi connectivity index (χ1n) is 9.97. The van der Waals surface area contributed by atoms with Crippen molar-refractivity contribution in [3.8, 4) is 5.75 Å². The Bertz CT molecular complexity index is 1130. The lowest BCUT2D eigenvalue weighted by molar-refractivity contribution is 0.0995. The van der Waals surface area contributed by atoms with Crippen LogP contribution in [0, 0.1) is 6.92 Å². The molecule has 0 radical (unpaired) electrons. The maximum atomic E-state index is 13.0. The number of carbonyl (C=O) groups excluding carboxylic acids is 2. The van der Waals surface area contributed by atoms with Crippen molar-refractivity contribution >= 4 is 28.8 Å². The maximum Gasteiger partial charge on any atom is 0.276 e. The molecule has 0 bridgehead atoms. The normalized spacial score (nSPS) is 15.2. The van der Waals surface area contributed by atoms with Gasteiger partial charge in [0.25, 0.3) is 5.91 Å². The first-order chi connectivity index (χ1) is 14.4. The number of nitrogens with two attached hydrogens (primary N) is 2. The fraction of sp³-hybridized carbons (Fsp3) is 0.400. The van der Waals surface area contributed by atoms with Gasteiger partial charge in [-0.3, -0.25) is 19.6 Å². The SMILES string of the molecule is CCn1nc(C)cc1C(=O)Nc1nc2cc(C(N)=O)cc3c2n1[C@H](CCCN)CO3. The largest absolute Gasteiger partial charge is 0.489 e. The molecule has 1 aromatic carbocycles. The lowest BCUT2D eigenvalue weighted by Crippen LogP contribution is -2.26. The first kappa shape index (κ1) is 19.9. The summed E-state index contributed by atoms with van der Waals surface area (Å²) in [6.07, 6.45) is 1.57. The molecule has 0 fully saturated rings. The molecule has 0 saturated carbocycles. The van der Waals surface area contributed by atoms with E-state index in [0.717, 1.165) is 24.1 Å². The van der Waals surface area contributed by atoms with Crippen molar-refractivity contribution in [2.75, 3.05) is 18.5 Å². The van der Waals surface area contributed by atoms with Crippen molar-refractivity contribution in [3.05, 3.63) is 35.2 Å². The van der Waals surface area contributed by atoms with Gasteiger partial charge in [0.1, 0.15) is 23.6 Å². The van der Waals surface area contributed by atoms with Crippen LogP contribution in [0.2, 0.25) is 0 Å². The monoisotopic (exact) mass is 411 g/mol. The van der Waals surface area contributed by atoms with Crippen molar-refractivity contribution in [1.29, 1.82) is 0 Å². The molecule has 2 aromatic heterocycles. The van der Waals surface area contributed by atoms with Crippen LogP contribution in [-0.2, 0) is 6.54 Å². The Morgan fingerprint density at radius 3 is 2.83 bits per heavy atom. The van der Waals surface area contributed by atoms with Crippen molar-refractivity contribution in [1.82, 2.24) is 19.3 Å². The highest BCUT2D eigenvalue weighted by atomic mass is 16.5. The molecule has 0 spiro atoms. The van der Waals surface area contributed by atoms with Gasteiger partial charge < -0.3 is 20.8 Å². The second-order valence-electron chi connectivity index (χ2n) is 7.35. The Hall–Kier alpha value is -3.40. The third kappa shape index (κ3) is 3.39. The smallest absolute Gasteiger partial charge is 0.276 e. The van der Waals surface area contributed by atoms with Gasteiger partial charge in [0.15, 0.2) is 0 Å². The van der Waals surface area contributed by atoms with Gasteiger partial charge >= 0.3 is 0 Å². The molecule has 5 N–H and O–H groups in total. The van der Waals surface area contributed by atoms with E-state index in [9.17, 15) is 9.59 Å². The van der Waals surface area contributed by atoms with Crippen LogP contribution < -0.4 is 21.5 Å². The quantitative estimate of drug-likeness (QED) is 0.539. The Kier molecular flexibility index (Phi) is 5.17. The molecule has 0 unspecified atom stereocenters. The summed E-state index contributed by atoms with van der Waals surface area (Å²) in [7, 11) is 0. The van der Waals surface area contributed by atoms with Gasteiger partial charge in [-0.2, -0.15) is 5.10 Å². The van der Waals surface area contributed by atoms with E-state index >= 15 is 0 Å². The summed E-state index contributed by atoms with van der Waals surface area (Å²) in [6, 6.07) is 4.92. The molecular formula is C20H25N7O3. The Morgan fingerprint density at radius 1 is 1.33 bits per heavy atom. The van der Waals surface area contributed by atoms with Crippen molar-refractivity contribution < 1.29 is 14.3 Å². The van der Waals surface area contributed by atoms with E-state index in [1.807, 2.05) is 18.4 Å². The Labute approximate surface area is 173 Å². The zero-order chi connectivity index (χ0) is 21.4. The second-order valence-corrected chi connectivity index (χ2v) is 7.35. The van der Waals surface area contributed by atoms with Crippen LogP contribution in [0.4, 0.5) is 5.95 Å². The molecule has 10 nitrogen and oxygen atoms in total. The minimum absolute atomic E-state index is 0.0430. The summed E-state index contributed by atoms with van der Waals surface area (Å²) < 4.78 is 9.51. The van der Waals surface area contributed by atoms with Crippen LogP contribution in [0.25, 0.3) is 11.0 Å². The number of hydrogen-bond acceptors (Lipinski definition) is 6. The van der Waals surface area contributed by atoms with Crippen molar-refractivity contribution in [3.63, 3.8) is 0 Å². The van der Waals surface area contributed by atoms with Crippen molar-refractivity contribution in [2.45, 2.75) is 39.3 Å². The molecule has 1 atom stereocenters. The number of rotatable bonds is 7. The number of nitrogens with zero attached hydrogens (tertiary/aromatic N) is 4. The van der Waals surface area contributed by atoms with E-state index in [1.54, 1.807) is 22.9 Å². The van der Waals surface area contributed by atoms with Crippen LogP contribution in [0.3, 0.4) is 0 Å². The lowest BCUT2D eigenvalue weighted by Gasteiger charge is -2.27. The fourth-order valence-corrected chi connectivity index (χ4v) is 3.85. The Balaban J connectivity index is 1.80. The standard InChI is InChI=1S/C20H25N7O3/c1-3-26-15(7-11(2)25-26)19(29)24-20-23-14-8-12(18(22)28)9-16-17(14)27(20)13(10-30-16)5-4-6-21/h7-9,13H,3-6,10,21H2,1-2H3,(H2,22,28)(H,23,24,29)/t13-/m1/s1. The van der Waals surface area contributed by atoms with Crippen LogP contribution >= 0.6 is 0 Å². The molecule has 4 rings (SSSR count). The summed E-state index contributed by atoms with van der Waals surface area (Å²) in [6.45, 7) is 5.28. The number of imidazole rings is 1. The summed E-state index contributed by atoms with van der Waals surface area (Å²) in [5, 5.41) is 7.25. The van der Waals surface area contributed by atoms with E-state index in [-0.39, 0.29) is 11.9 Å². The van der Waals surface area contributed by atoms with E-state index in [4.69, 9.17) is 16.2 Å². The lowest BCUT2D eigenvalue weighted by atomic mass is 10.1. The number of nitrogens with one attached hydrogen (secondary N) is 1. The molecule has 1 aliphatic heterocycles. The summed E-state index contributed by atoms with van der Waals surface area (Å²) in [4.78, 5) is 29.3. The zero-order valence-electron chi connectivity index (χ0n) is 17.0. The molecule has 0 aliphatic carbocycles. The number of primary amides is 1. The van der Waals surface area contributed by atoms with Gasteiger partial charge in [-0.05, 0) is 51.4 Å². The highest BCUT2D eigenvalue weighted by molar-refractivity contribution is 6.04. The molecule has 158 valence electrons. The predicted molar refractivity (Wildman–Crippen MR) is 112 cm³/mol. The van der Waals surface area contributed by atoms with Crippen LogP contribution in [0.15, 0.2) is 18.2 Å². The highest BCUT2D eigenvalue weighted by Gasteiger charge is 2.29. The van der Waals surface area contributed by atoms with Crippen LogP contribution in [0.5, 0.6) is 5.75 Å². The number of amides is 2. The molecule has 10 heteroatoms. The van der Waals surface area contributed by atoms with Gasteiger partial charge in [-0.1, -0.05) is 0 Å². The second kappa shape index (κ2) is 7.79. The van der Waals surface area contributed by atoms with Gasteiger partial charge in [0, 0.05) is 12.1 Å².